The molecule has 0 unspecified atom stereocenters. The highest BCUT2D eigenvalue weighted by Gasteiger charge is 2.17. The number of aromatic nitrogens is 3. The highest BCUT2D eigenvalue weighted by molar-refractivity contribution is 7.99. The molecule has 0 aliphatic carbocycles. The maximum absolute atomic E-state index is 12.7. The Morgan fingerprint density at radius 1 is 0.789 bits per heavy atom. The van der Waals surface area contributed by atoms with Crippen LogP contribution in [-0.2, 0) is 4.79 Å². The molecule has 0 aliphatic rings. The smallest absolute Gasteiger partial charge is 0.250 e. The minimum Gasteiger partial charge on any atom is -0.272 e. The zero-order valence-electron chi connectivity index (χ0n) is 21.2. The van der Waals surface area contributed by atoms with Gasteiger partial charge < -0.3 is 0 Å². The second kappa shape index (κ2) is 11.7. The topological polar surface area (TPSA) is 72.2 Å². The van der Waals surface area contributed by atoms with Gasteiger partial charge in [-0.05, 0) is 42.7 Å². The van der Waals surface area contributed by atoms with Crippen LogP contribution in [0.4, 0.5) is 0 Å². The van der Waals surface area contributed by atoms with Crippen LogP contribution in [0.25, 0.3) is 28.2 Å². The number of nitrogens with zero attached hydrogens (tertiary/aromatic N) is 4. The van der Waals surface area contributed by atoms with E-state index in [2.05, 4.69) is 57.1 Å². The van der Waals surface area contributed by atoms with E-state index in [1.807, 2.05) is 91.2 Å². The number of aryl methyl sites for hydroxylation is 1. The summed E-state index contributed by atoms with van der Waals surface area (Å²) in [4.78, 5) is 12.7. The average molecular weight is 518 g/mol. The second-order valence-electron chi connectivity index (χ2n) is 8.81. The van der Waals surface area contributed by atoms with Crippen molar-refractivity contribution in [3.8, 4) is 28.2 Å². The van der Waals surface area contributed by atoms with E-state index in [1.165, 1.54) is 17.3 Å². The molecule has 1 aromatic heterocycles. The summed E-state index contributed by atoms with van der Waals surface area (Å²) >= 11 is 1.32. The lowest BCUT2D eigenvalue weighted by atomic mass is 10.0. The fraction of sp³-hybridized carbons (Fsp3) is 0.0968. The van der Waals surface area contributed by atoms with Crippen molar-refractivity contribution in [2.75, 3.05) is 5.75 Å². The fourth-order valence-electron chi connectivity index (χ4n) is 3.97. The Labute approximate surface area is 226 Å². The third-order valence-electron chi connectivity index (χ3n) is 6.05. The van der Waals surface area contributed by atoms with Crippen LogP contribution < -0.4 is 5.43 Å². The lowest BCUT2D eigenvalue weighted by Crippen LogP contribution is -2.21. The van der Waals surface area contributed by atoms with Crippen molar-refractivity contribution in [1.82, 2.24) is 20.2 Å². The molecule has 1 N–H and O–H groups in total. The van der Waals surface area contributed by atoms with E-state index < -0.39 is 0 Å². The number of benzene rings is 4. The number of amides is 1. The standard InChI is InChI=1S/C31H27N5OS/c1-22-13-19-28(20-14-22)36-30(27-11-7-4-8-12-27)34-35-31(36)38-21-29(37)33-32-23(2)24-15-17-26(18-16-24)25-9-5-3-6-10-25/h3-20H,21H2,1-2H3,(H,33,37). The third kappa shape index (κ3) is 5.90. The maximum Gasteiger partial charge on any atom is 0.250 e. The van der Waals surface area contributed by atoms with Gasteiger partial charge >= 0.3 is 0 Å². The molecule has 0 bridgehead atoms. The Balaban J connectivity index is 1.27. The summed E-state index contributed by atoms with van der Waals surface area (Å²) in [6, 6.07) is 36.4. The number of thioether (sulfide) groups is 1. The van der Waals surface area contributed by atoms with E-state index in [4.69, 9.17) is 0 Å². The lowest BCUT2D eigenvalue weighted by Gasteiger charge is -2.10. The van der Waals surface area contributed by atoms with Gasteiger partial charge in [0.05, 0.1) is 11.5 Å². The molecule has 0 saturated heterocycles. The summed E-state index contributed by atoms with van der Waals surface area (Å²) in [5.74, 6) is 0.669. The van der Waals surface area contributed by atoms with Crippen LogP contribution in [0.15, 0.2) is 119 Å². The largest absolute Gasteiger partial charge is 0.272 e. The predicted molar refractivity (Wildman–Crippen MR) is 154 cm³/mol. The highest BCUT2D eigenvalue weighted by Crippen LogP contribution is 2.28. The van der Waals surface area contributed by atoms with Crippen molar-refractivity contribution in [1.29, 1.82) is 0 Å². The first-order valence-corrected chi connectivity index (χ1v) is 13.3. The Hall–Kier alpha value is -4.49. The highest BCUT2D eigenvalue weighted by atomic mass is 32.2. The Morgan fingerprint density at radius 3 is 2.05 bits per heavy atom. The lowest BCUT2D eigenvalue weighted by molar-refractivity contribution is -0.118. The van der Waals surface area contributed by atoms with Crippen molar-refractivity contribution < 1.29 is 4.79 Å². The predicted octanol–water partition coefficient (Wildman–Crippen LogP) is 6.54. The molecular formula is C31H27N5OS. The van der Waals surface area contributed by atoms with Gasteiger partial charge in [-0.3, -0.25) is 9.36 Å². The molecule has 4 aromatic carbocycles. The number of hydrogen-bond acceptors (Lipinski definition) is 5. The molecule has 5 rings (SSSR count). The summed E-state index contributed by atoms with van der Waals surface area (Å²) in [6.07, 6.45) is 0. The number of hydrazone groups is 1. The van der Waals surface area contributed by atoms with Crippen molar-refractivity contribution in [2.45, 2.75) is 19.0 Å². The zero-order valence-corrected chi connectivity index (χ0v) is 22.0. The first-order chi connectivity index (χ1) is 18.6. The van der Waals surface area contributed by atoms with Crippen molar-refractivity contribution in [3.05, 3.63) is 120 Å². The van der Waals surface area contributed by atoms with E-state index in [0.717, 1.165) is 39.5 Å². The van der Waals surface area contributed by atoms with E-state index in [1.54, 1.807) is 0 Å². The number of carbonyl (C=O) groups excluding carboxylic acids is 1. The SMILES string of the molecule is CC(=NNC(=O)CSc1nnc(-c2ccccc2)n1-c1ccc(C)cc1)c1ccc(-c2ccccc2)cc1. The van der Waals surface area contributed by atoms with Crippen molar-refractivity contribution in [2.24, 2.45) is 5.10 Å². The minimum atomic E-state index is -0.213. The molecule has 0 radical (unpaired) electrons. The van der Waals surface area contributed by atoms with Gasteiger partial charge in [0.15, 0.2) is 11.0 Å². The van der Waals surface area contributed by atoms with E-state index in [-0.39, 0.29) is 11.7 Å². The fourth-order valence-corrected chi connectivity index (χ4v) is 4.72. The molecule has 7 heteroatoms. The first kappa shape index (κ1) is 25.2. The first-order valence-electron chi connectivity index (χ1n) is 12.3. The summed E-state index contributed by atoms with van der Waals surface area (Å²) in [6.45, 7) is 3.93. The molecule has 1 heterocycles. The Morgan fingerprint density at radius 2 is 1.39 bits per heavy atom. The normalized spacial score (nSPS) is 11.4. The van der Waals surface area contributed by atoms with Gasteiger partial charge in [0.1, 0.15) is 0 Å². The maximum atomic E-state index is 12.7. The molecule has 0 spiro atoms. The number of hydrogen-bond donors (Lipinski definition) is 1. The molecular weight excluding hydrogens is 490 g/mol. The van der Waals surface area contributed by atoms with Gasteiger partial charge in [-0.25, -0.2) is 5.43 Å². The molecule has 0 saturated carbocycles. The van der Waals surface area contributed by atoms with Gasteiger partial charge in [0.25, 0.3) is 5.91 Å². The molecule has 6 nitrogen and oxygen atoms in total. The van der Waals surface area contributed by atoms with Crippen LogP contribution in [0.2, 0.25) is 0 Å². The van der Waals surface area contributed by atoms with Crippen LogP contribution in [-0.4, -0.2) is 32.1 Å². The molecule has 5 aromatic rings. The molecule has 38 heavy (non-hydrogen) atoms. The summed E-state index contributed by atoms with van der Waals surface area (Å²) < 4.78 is 1.98. The van der Waals surface area contributed by atoms with Gasteiger partial charge in [0, 0.05) is 11.3 Å². The molecule has 0 fully saturated rings. The van der Waals surface area contributed by atoms with E-state index >= 15 is 0 Å². The molecule has 0 aliphatic heterocycles. The van der Waals surface area contributed by atoms with Crippen LogP contribution in [0.3, 0.4) is 0 Å². The third-order valence-corrected chi connectivity index (χ3v) is 6.98. The van der Waals surface area contributed by atoms with Gasteiger partial charge in [-0.2, -0.15) is 5.10 Å². The Bertz CT molecular complexity index is 1540. The van der Waals surface area contributed by atoms with Gasteiger partial charge in [0.2, 0.25) is 0 Å². The molecule has 188 valence electrons. The van der Waals surface area contributed by atoms with Crippen LogP contribution >= 0.6 is 11.8 Å². The summed E-state index contributed by atoms with van der Waals surface area (Å²) in [5, 5.41) is 13.8. The summed E-state index contributed by atoms with van der Waals surface area (Å²) in [5.41, 5.74) is 9.71. The zero-order chi connectivity index (χ0) is 26.3. The van der Waals surface area contributed by atoms with Gasteiger partial charge in [-0.15, -0.1) is 10.2 Å². The second-order valence-corrected chi connectivity index (χ2v) is 9.75. The average Bonchev–Trinajstić information content (AvgIpc) is 3.40. The van der Waals surface area contributed by atoms with Crippen LogP contribution in [0, 0.1) is 6.92 Å². The molecule has 1 amide bonds. The Kier molecular flexibility index (Phi) is 7.75. The number of carbonyl (C=O) groups is 1. The van der Waals surface area contributed by atoms with Crippen LogP contribution in [0.5, 0.6) is 0 Å². The van der Waals surface area contributed by atoms with Crippen molar-refractivity contribution in [3.63, 3.8) is 0 Å². The quantitative estimate of drug-likeness (QED) is 0.144. The van der Waals surface area contributed by atoms with Crippen molar-refractivity contribution >= 4 is 23.4 Å². The van der Waals surface area contributed by atoms with Crippen LogP contribution in [0.1, 0.15) is 18.1 Å². The van der Waals surface area contributed by atoms with E-state index in [0.29, 0.717) is 5.16 Å². The van der Waals surface area contributed by atoms with Gasteiger partial charge in [-0.1, -0.05) is 114 Å². The van der Waals surface area contributed by atoms with E-state index in [9.17, 15) is 4.79 Å². The number of rotatable bonds is 8. The monoisotopic (exact) mass is 517 g/mol. The minimum absolute atomic E-state index is 0.155. The molecule has 0 atom stereocenters. The number of nitrogens with one attached hydrogen (secondary N) is 1. The summed E-state index contributed by atoms with van der Waals surface area (Å²) in [7, 11) is 0.